The standard InChI is InChI=1S/C23H24N2O6S/c1-29-15-17-6-4-8-20(23(26)31-3)21(17)25-14-16-7-5-13-24-22(16)32(27,28)19-11-9-18(30-2)10-12-19/h4-13,25H,14-15H2,1-3H3. The Balaban J connectivity index is 1.97. The van der Waals surface area contributed by atoms with E-state index in [2.05, 4.69) is 10.3 Å². The van der Waals surface area contributed by atoms with Crippen LogP contribution in [0.15, 0.2) is 70.7 Å². The maximum atomic E-state index is 13.2. The van der Waals surface area contributed by atoms with Gasteiger partial charge in [-0.05, 0) is 36.4 Å². The molecule has 8 nitrogen and oxygen atoms in total. The van der Waals surface area contributed by atoms with E-state index in [4.69, 9.17) is 14.2 Å². The smallest absolute Gasteiger partial charge is 0.339 e. The summed E-state index contributed by atoms with van der Waals surface area (Å²) < 4.78 is 41.7. The number of benzene rings is 2. The van der Waals surface area contributed by atoms with Gasteiger partial charge >= 0.3 is 5.97 Å². The molecule has 0 radical (unpaired) electrons. The lowest BCUT2D eigenvalue weighted by Gasteiger charge is -2.17. The van der Waals surface area contributed by atoms with E-state index in [-0.39, 0.29) is 23.1 Å². The summed E-state index contributed by atoms with van der Waals surface area (Å²) in [5.41, 5.74) is 2.02. The van der Waals surface area contributed by atoms with E-state index >= 15 is 0 Å². The molecule has 2 aromatic carbocycles. The average molecular weight is 457 g/mol. The van der Waals surface area contributed by atoms with E-state index in [1.807, 2.05) is 6.07 Å². The van der Waals surface area contributed by atoms with Gasteiger partial charge < -0.3 is 19.5 Å². The second-order valence-electron chi connectivity index (χ2n) is 6.76. The minimum Gasteiger partial charge on any atom is -0.497 e. The molecular formula is C23H24N2O6S. The van der Waals surface area contributed by atoms with Gasteiger partial charge in [0.15, 0.2) is 5.03 Å². The number of hydrogen-bond donors (Lipinski definition) is 1. The zero-order valence-corrected chi connectivity index (χ0v) is 18.8. The summed E-state index contributed by atoms with van der Waals surface area (Å²) in [4.78, 5) is 16.5. The Morgan fingerprint density at radius 2 is 1.69 bits per heavy atom. The number of carbonyl (C=O) groups excluding carboxylic acids is 1. The van der Waals surface area contributed by atoms with Crippen LogP contribution in [0.1, 0.15) is 21.5 Å². The highest BCUT2D eigenvalue weighted by molar-refractivity contribution is 7.91. The highest BCUT2D eigenvalue weighted by Crippen LogP contribution is 2.27. The molecule has 0 amide bonds. The molecule has 0 aliphatic carbocycles. The molecule has 168 valence electrons. The minimum absolute atomic E-state index is 0.0680. The van der Waals surface area contributed by atoms with Crippen molar-refractivity contribution in [2.24, 2.45) is 0 Å². The summed E-state index contributed by atoms with van der Waals surface area (Å²) in [7, 11) is 0.489. The van der Waals surface area contributed by atoms with Gasteiger partial charge in [-0.25, -0.2) is 18.2 Å². The van der Waals surface area contributed by atoms with Crippen LogP contribution in [-0.4, -0.2) is 40.7 Å². The monoisotopic (exact) mass is 456 g/mol. The van der Waals surface area contributed by atoms with Crippen molar-refractivity contribution in [2.75, 3.05) is 26.6 Å². The van der Waals surface area contributed by atoms with Gasteiger partial charge in [-0.1, -0.05) is 18.2 Å². The lowest BCUT2D eigenvalue weighted by Crippen LogP contribution is -2.14. The molecule has 32 heavy (non-hydrogen) atoms. The molecule has 0 fully saturated rings. The molecule has 0 bridgehead atoms. The second-order valence-corrected chi connectivity index (χ2v) is 8.63. The van der Waals surface area contributed by atoms with Gasteiger partial charge in [0, 0.05) is 31.0 Å². The van der Waals surface area contributed by atoms with E-state index in [1.165, 1.54) is 32.5 Å². The Morgan fingerprint density at radius 1 is 0.969 bits per heavy atom. The SMILES string of the molecule is COCc1cccc(C(=O)OC)c1NCc1cccnc1S(=O)(=O)c1ccc(OC)cc1. The molecule has 1 heterocycles. The number of methoxy groups -OCH3 is 3. The van der Waals surface area contributed by atoms with Crippen LogP contribution in [0.2, 0.25) is 0 Å². The van der Waals surface area contributed by atoms with Gasteiger partial charge in [-0.15, -0.1) is 0 Å². The van der Waals surface area contributed by atoms with E-state index in [0.29, 0.717) is 22.6 Å². The first-order chi connectivity index (χ1) is 15.4. The van der Waals surface area contributed by atoms with Gasteiger partial charge in [0.2, 0.25) is 9.84 Å². The summed E-state index contributed by atoms with van der Waals surface area (Å²) in [5, 5.41) is 3.11. The number of hydrogen-bond acceptors (Lipinski definition) is 8. The summed E-state index contributed by atoms with van der Waals surface area (Å²) >= 11 is 0. The van der Waals surface area contributed by atoms with Crippen LogP contribution in [0.5, 0.6) is 5.75 Å². The van der Waals surface area contributed by atoms with Gasteiger partial charge in [0.25, 0.3) is 0 Å². The fraction of sp³-hybridized carbons (Fsp3) is 0.217. The first-order valence-electron chi connectivity index (χ1n) is 9.68. The van der Waals surface area contributed by atoms with Crippen molar-refractivity contribution in [1.29, 1.82) is 0 Å². The molecular weight excluding hydrogens is 432 g/mol. The Hall–Kier alpha value is -3.43. The predicted molar refractivity (Wildman–Crippen MR) is 119 cm³/mol. The minimum atomic E-state index is -3.87. The van der Waals surface area contributed by atoms with Crippen molar-refractivity contribution in [2.45, 2.75) is 23.1 Å². The summed E-state index contributed by atoms with van der Waals surface area (Å²) in [5.74, 6) is 0.0414. The molecule has 0 saturated carbocycles. The third-order valence-electron chi connectivity index (χ3n) is 4.79. The average Bonchev–Trinajstić information content (AvgIpc) is 2.83. The van der Waals surface area contributed by atoms with Crippen molar-refractivity contribution in [3.8, 4) is 5.75 Å². The Morgan fingerprint density at radius 3 is 2.34 bits per heavy atom. The van der Waals surface area contributed by atoms with Crippen molar-refractivity contribution in [1.82, 2.24) is 4.98 Å². The van der Waals surface area contributed by atoms with E-state index in [1.54, 1.807) is 43.5 Å². The van der Waals surface area contributed by atoms with Crippen LogP contribution >= 0.6 is 0 Å². The first kappa shape index (κ1) is 23.2. The summed E-state index contributed by atoms with van der Waals surface area (Å²) in [6.07, 6.45) is 1.43. The number of nitrogens with zero attached hydrogens (tertiary/aromatic N) is 1. The van der Waals surface area contributed by atoms with Gasteiger partial charge in [-0.3, -0.25) is 0 Å². The number of esters is 1. The van der Waals surface area contributed by atoms with Crippen LogP contribution < -0.4 is 10.1 Å². The van der Waals surface area contributed by atoms with Crippen molar-refractivity contribution >= 4 is 21.5 Å². The Bertz CT molecular complexity index is 1190. The fourth-order valence-electron chi connectivity index (χ4n) is 3.22. The number of pyridine rings is 1. The number of ether oxygens (including phenoxy) is 3. The lowest BCUT2D eigenvalue weighted by molar-refractivity contribution is 0.0601. The third-order valence-corrected chi connectivity index (χ3v) is 6.56. The molecule has 0 atom stereocenters. The van der Waals surface area contributed by atoms with Gasteiger partial charge in [-0.2, -0.15) is 0 Å². The van der Waals surface area contributed by atoms with Crippen molar-refractivity contribution in [3.63, 3.8) is 0 Å². The number of sulfone groups is 1. The number of nitrogens with one attached hydrogen (secondary N) is 1. The zero-order valence-electron chi connectivity index (χ0n) is 18.0. The lowest BCUT2D eigenvalue weighted by atomic mass is 10.1. The van der Waals surface area contributed by atoms with Gasteiger partial charge in [0.1, 0.15) is 5.75 Å². The molecule has 0 saturated heterocycles. The van der Waals surface area contributed by atoms with Crippen LogP contribution in [0.3, 0.4) is 0 Å². The zero-order chi connectivity index (χ0) is 23.1. The number of carbonyl (C=O) groups is 1. The highest BCUT2D eigenvalue weighted by Gasteiger charge is 2.23. The molecule has 1 aromatic heterocycles. The first-order valence-corrected chi connectivity index (χ1v) is 11.2. The molecule has 0 aliphatic heterocycles. The quantitative estimate of drug-likeness (QED) is 0.488. The van der Waals surface area contributed by atoms with Crippen LogP contribution in [0.25, 0.3) is 0 Å². The molecule has 0 spiro atoms. The number of anilines is 1. The fourth-order valence-corrected chi connectivity index (χ4v) is 4.62. The van der Waals surface area contributed by atoms with Crippen molar-refractivity contribution in [3.05, 3.63) is 77.5 Å². The maximum absolute atomic E-state index is 13.2. The second kappa shape index (κ2) is 10.3. The topological polar surface area (TPSA) is 104 Å². The van der Waals surface area contributed by atoms with Gasteiger partial charge in [0.05, 0.1) is 37.0 Å². The largest absolute Gasteiger partial charge is 0.497 e. The van der Waals surface area contributed by atoms with Crippen LogP contribution in [0.4, 0.5) is 5.69 Å². The molecule has 1 N–H and O–H groups in total. The molecule has 3 aromatic rings. The van der Waals surface area contributed by atoms with E-state index < -0.39 is 15.8 Å². The third kappa shape index (κ3) is 4.90. The predicted octanol–water partition coefficient (Wildman–Crippen LogP) is 3.47. The number of rotatable bonds is 9. The molecule has 0 unspecified atom stereocenters. The highest BCUT2D eigenvalue weighted by atomic mass is 32.2. The molecule has 9 heteroatoms. The van der Waals surface area contributed by atoms with E-state index in [9.17, 15) is 13.2 Å². The Kier molecular flexibility index (Phi) is 7.45. The molecule has 0 aliphatic rings. The summed E-state index contributed by atoms with van der Waals surface area (Å²) in [6.45, 7) is 0.375. The molecule has 3 rings (SSSR count). The van der Waals surface area contributed by atoms with E-state index in [0.717, 1.165) is 5.56 Å². The normalized spacial score (nSPS) is 11.1. The summed E-state index contributed by atoms with van der Waals surface area (Å²) in [6, 6.07) is 14.6. The Labute approximate surface area is 187 Å². The maximum Gasteiger partial charge on any atom is 0.339 e. The van der Waals surface area contributed by atoms with Crippen molar-refractivity contribution < 1.29 is 27.4 Å². The number of para-hydroxylation sites is 1. The van der Waals surface area contributed by atoms with Crippen LogP contribution in [-0.2, 0) is 32.5 Å². The number of aromatic nitrogens is 1. The van der Waals surface area contributed by atoms with Crippen LogP contribution in [0, 0.1) is 0 Å².